The Morgan fingerprint density at radius 3 is 3.00 bits per heavy atom. The van der Waals surface area contributed by atoms with Crippen LogP contribution in [-0.2, 0) is 6.67 Å². The fourth-order valence-corrected chi connectivity index (χ4v) is 0.605. The molecule has 5 heteroatoms. The van der Waals surface area contributed by atoms with Crippen molar-refractivity contribution >= 4 is 5.97 Å². The maximum Gasteiger partial charge on any atom is 0.339 e. The van der Waals surface area contributed by atoms with Gasteiger partial charge in [-0.05, 0) is 0 Å². The summed E-state index contributed by atoms with van der Waals surface area (Å²) in [7, 11) is 0. The Morgan fingerprint density at radius 2 is 2.60 bits per heavy atom. The SMILES string of the molecule is O=C(O)c1c[nH]nc1CF. The van der Waals surface area contributed by atoms with Gasteiger partial charge in [-0.1, -0.05) is 0 Å². The zero-order chi connectivity index (χ0) is 7.56. The summed E-state index contributed by atoms with van der Waals surface area (Å²) in [6.07, 6.45) is 1.15. The molecule has 0 bridgehead atoms. The van der Waals surface area contributed by atoms with E-state index in [0.717, 1.165) is 6.20 Å². The van der Waals surface area contributed by atoms with E-state index in [9.17, 15) is 9.18 Å². The third kappa shape index (κ3) is 0.975. The third-order valence-corrected chi connectivity index (χ3v) is 1.08. The van der Waals surface area contributed by atoms with Gasteiger partial charge in [-0.15, -0.1) is 0 Å². The largest absolute Gasteiger partial charge is 0.478 e. The van der Waals surface area contributed by atoms with Crippen LogP contribution >= 0.6 is 0 Å². The molecule has 1 heterocycles. The van der Waals surface area contributed by atoms with Gasteiger partial charge in [0.25, 0.3) is 0 Å². The van der Waals surface area contributed by atoms with Crippen molar-refractivity contribution in [2.45, 2.75) is 6.67 Å². The highest BCUT2D eigenvalue weighted by Gasteiger charge is 2.11. The molecule has 0 atom stereocenters. The quantitative estimate of drug-likeness (QED) is 0.637. The molecule has 1 aromatic heterocycles. The molecule has 0 saturated heterocycles. The third-order valence-electron chi connectivity index (χ3n) is 1.08. The highest BCUT2D eigenvalue weighted by molar-refractivity contribution is 5.88. The lowest BCUT2D eigenvalue weighted by Crippen LogP contribution is -1.97. The number of alkyl halides is 1. The Bertz CT molecular complexity index is 246. The fraction of sp³-hybridized carbons (Fsp3) is 0.200. The van der Waals surface area contributed by atoms with Crippen LogP contribution in [0.25, 0.3) is 0 Å². The van der Waals surface area contributed by atoms with E-state index in [1.165, 1.54) is 0 Å². The van der Waals surface area contributed by atoms with Gasteiger partial charge in [-0.3, -0.25) is 5.10 Å². The van der Waals surface area contributed by atoms with E-state index in [4.69, 9.17) is 5.11 Å². The number of carbonyl (C=O) groups is 1. The predicted octanol–water partition coefficient (Wildman–Crippen LogP) is 0.577. The van der Waals surface area contributed by atoms with E-state index < -0.39 is 12.6 Å². The first-order valence-electron chi connectivity index (χ1n) is 2.57. The van der Waals surface area contributed by atoms with Crippen molar-refractivity contribution < 1.29 is 14.3 Å². The van der Waals surface area contributed by atoms with Crippen LogP contribution in [0.5, 0.6) is 0 Å². The zero-order valence-corrected chi connectivity index (χ0v) is 4.97. The van der Waals surface area contributed by atoms with E-state index in [-0.39, 0.29) is 11.3 Å². The molecule has 0 unspecified atom stereocenters. The van der Waals surface area contributed by atoms with Crippen LogP contribution in [-0.4, -0.2) is 21.3 Å². The normalized spacial score (nSPS) is 9.70. The number of aromatic amines is 1. The van der Waals surface area contributed by atoms with Crippen molar-refractivity contribution in [1.82, 2.24) is 10.2 Å². The average molecular weight is 144 g/mol. The van der Waals surface area contributed by atoms with Gasteiger partial charge in [-0.2, -0.15) is 5.10 Å². The summed E-state index contributed by atoms with van der Waals surface area (Å²) in [4.78, 5) is 10.2. The van der Waals surface area contributed by atoms with Gasteiger partial charge >= 0.3 is 5.97 Å². The van der Waals surface area contributed by atoms with Gasteiger partial charge in [0.15, 0.2) is 0 Å². The molecule has 0 aliphatic rings. The number of carboxylic acids is 1. The number of aromatic carboxylic acids is 1. The van der Waals surface area contributed by atoms with Gasteiger partial charge < -0.3 is 5.11 Å². The second-order valence-electron chi connectivity index (χ2n) is 1.68. The number of rotatable bonds is 2. The minimum atomic E-state index is -1.17. The summed E-state index contributed by atoms with van der Waals surface area (Å²) in [5, 5.41) is 14.0. The van der Waals surface area contributed by atoms with E-state index >= 15 is 0 Å². The number of hydrogen-bond donors (Lipinski definition) is 2. The van der Waals surface area contributed by atoms with Gasteiger partial charge in [0.05, 0.1) is 0 Å². The summed E-state index contributed by atoms with van der Waals surface area (Å²) in [6, 6.07) is 0. The van der Waals surface area contributed by atoms with Gasteiger partial charge in [0.1, 0.15) is 17.9 Å². The highest BCUT2D eigenvalue weighted by atomic mass is 19.1. The monoisotopic (exact) mass is 144 g/mol. The number of nitrogens with zero attached hydrogens (tertiary/aromatic N) is 1. The molecule has 4 nitrogen and oxygen atoms in total. The summed E-state index contributed by atoms with van der Waals surface area (Å²) < 4.78 is 11.8. The van der Waals surface area contributed by atoms with Gasteiger partial charge in [0.2, 0.25) is 0 Å². The van der Waals surface area contributed by atoms with E-state index in [2.05, 4.69) is 10.2 Å². The fourth-order valence-electron chi connectivity index (χ4n) is 0.605. The number of halogens is 1. The smallest absolute Gasteiger partial charge is 0.339 e. The molecule has 0 saturated carbocycles. The predicted molar refractivity (Wildman–Crippen MR) is 30.4 cm³/mol. The summed E-state index contributed by atoms with van der Waals surface area (Å²) in [5.41, 5.74) is -0.171. The van der Waals surface area contributed by atoms with E-state index in [1.807, 2.05) is 0 Å². The van der Waals surface area contributed by atoms with Crippen molar-refractivity contribution in [3.63, 3.8) is 0 Å². The van der Waals surface area contributed by atoms with Crippen molar-refractivity contribution in [2.75, 3.05) is 0 Å². The van der Waals surface area contributed by atoms with Crippen molar-refractivity contribution in [3.05, 3.63) is 17.5 Å². The van der Waals surface area contributed by atoms with E-state index in [0.29, 0.717) is 0 Å². The maximum absolute atomic E-state index is 11.8. The zero-order valence-electron chi connectivity index (χ0n) is 4.97. The van der Waals surface area contributed by atoms with Crippen LogP contribution in [0.15, 0.2) is 6.20 Å². The Balaban J connectivity index is 3.01. The molecule has 0 spiro atoms. The first-order chi connectivity index (χ1) is 4.75. The summed E-state index contributed by atoms with van der Waals surface area (Å²) in [5.74, 6) is -1.17. The lowest BCUT2D eigenvalue weighted by Gasteiger charge is -1.87. The van der Waals surface area contributed by atoms with E-state index in [1.54, 1.807) is 0 Å². The molecule has 0 amide bonds. The molecule has 0 fully saturated rings. The topological polar surface area (TPSA) is 66.0 Å². The molecule has 0 radical (unpaired) electrons. The number of nitrogens with one attached hydrogen (secondary N) is 1. The Morgan fingerprint density at radius 1 is 1.90 bits per heavy atom. The van der Waals surface area contributed by atoms with Crippen LogP contribution in [0.2, 0.25) is 0 Å². The van der Waals surface area contributed by atoms with Crippen LogP contribution in [0, 0.1) is 0 Å². The molecule has 0 aromatic carbocycles. The second kappa shape index (κ2) is 2.47. The van der Waals surface area contributed by atoms with Crippen LogP contribution in [0.4, 0.5) is 4.39 Å². The molecule has 54 valence electrons. The van der Waals surface area contributed by atoms with Crippen molar-refractivity contribution in [1.29, 1.82) is 0 Å². The van der Waals surface area contributed by atoms with Crippen LogP contribution < -0.4 is 0 Å². The van der Waals surface area contributed by atoms with Gasteiger partial charge in [0, 0.05) is 6.20 Å². The lowest BCUT2D eigenvalue weighted by molar-refractivity contribution is 0.0695. The molecule has 0 aliphatic heterocycles. The summed E-state index contributed by atoms with van der Waals surface area (Å²) in [6.45, 7) is -0.856. The highest BCUT2D eigenvalue weighted by Crippen LogP contribution is 2.04. The average Bonchev–Trinajstić information content (AvgIpc) is 2.33. The number of hydrogen-bond acceptors (Lipinski definition) is 2. The van der Waals surface area contributed by atoms with Gasteiger partial charge in [-0.25, -0.2) is 9.18 Å². The Labute approximate surface area is 55.7 Å². The number of carboxylic acid groups (broad SMARTS) is 1. The molecular formula is C5H5FN2O2. The first kappa shape index (κ1) is 6.73. The van der Waals surface area contributed by atoms with Crippen LogP contribution in [0.1, 0.15) is 16.1 Å². The second-order valence-corrected chi connectivity index (χ2v) is 1.68. The van der Waals surface area contributed by atoms with Crippen molar-refractivity contribution in [2.24, 2.45) is 0 Å². The Kier molecular flexibility index (Phi) is 1.66. The summed E-state index contributed by atoms with van der Waals surface area (Å²) >= 11 is 0. The van der Waals surface area contributed by atoms with Crippen molar-refractivity contribution in [3.8, 4) is 0 Å². The molecular weight excluding hydrogens is 139 g/mol. The Hall–Kier alpha value is -1.39. The first-order valence-corrected chi connectivity index (χ1v) is 2.57. The molecule has 1 aromatic rings. The molecule has 2 N–H and O–H groups in total. The van der Waals surface area contributed by atoms with Crippen LogP contribution in [0.3, 0.4) is 0 Å². The maximum atomic E-state index is 11.8. The number of H-pyrrole nitrogens is 1. The molecule has 0 aliphatic carbocycles. The lowest BCUT2D eigenvalue weighted by atomic mass is 10.3. The molecule has 1 rings (SSSR count). The standard InChI is InChI=1S/C5H5FN2O2/c6-1-4-3(5(9)10)2-7-8-4/h2H,1H2,(H,7,8)(H,9,10). The molecule has 10 heavy (non-hydrogen) atoms. The minimum absolute atomic E-state index is 0.0625. The minimum Gasteiger partial charge on any atom is -0.478 e. The number of aromatic nitrogens is 2.